The van der Waals surface area contributed by atoms with Crippen LogP contribution in [0.3, 0.4) is 0 Å². The standard InChI is InChI=1S/C18H17NO4/c1-21-9-10-23-18(20)14(12-19)11-16-15-6-4-3-5-13(15)7-8-17(16)22-2/h3-8,11H,9-10H2,1-2H3/b14-11+. The fourth-order valence-corrected chi connectivity index (χ4v) is 2.18. The van der Waals surface area contributed by atoms with Gasteiger partial charge in [0.25, 0.3) is 0 Å². The number of esters is 1. The predicted octanol–water partition coefficient (Wildman–Crippen LogP) is 2.94. The summed E-state index contributed by atoms with van der Waals surface area (Å²) in [6.45, 7) is 0.378. The van der Waals surface area contributed by atoms with Gasteiger partial charge < -0.3 is 14.2 Å². The molecule has 2 aromatic carbocycles. The lowest BCUT2D eigenvalue weighted by molar-refractivity contribution is -0.139. The molecule has 0 radical (unpaired) electrons. The first-order valence-corrected chi connectivity index (χ1v) is 7.05. The molecule has 0 unspecified atom stereocenters. The SMILES string of the molecule is COCCOC(=O)/C(C#N)=C/c1c(OC)ccc2ccccc12. The number of hydrogen-bond donors (Lipinski definition) is 0. The number of fused-ring (bicyclic) bond motifs is 1. The minimum absolute atomic E-state index is 0.0873. The summed E-state index contributed by atoms with van der Waals surface area (Å²) < 4.78 is 15.2. The van der Waals surface area contributed by atoms with E-state index < -0.39 is 5.97 Å². The van der Waals surface area contributed by atoms with Gasteiger partial charge in [-0.3, -0.25) is 0 Å². The molecule has 0 bridgehead atoms. The highest BCUT2D eigenvalue weighted by atomic mass is 16.6. The van der Waals surface area contributed by atoms with Crippen molar-refractivity contribution in [1.29, 1.82) is 5.26 Å². The average molecular weight is 311 g/mol. The molecule has 0 fully saturated rings. The number of hydrogen-bond acceptors (Lipinski definition) is 5. The second-order valence-electron chi connectivity index (χ2n) is 4.70. The molecule has 0 aliphatic rings. The molecule has 0 saturated heterocycles. The fourth-order valence-electron chi connectivity index (χ4n) is 2.18. The van der Waals surface area contributed by atoms with E-state index in [1.54, 1.807) is 13.2 Å². The van der Waals surface area contributed by atoms with Gasteiger partial charge in [-0.2, -0.15) is 5.26 Å². The van der Waals surface area contributed by atoms with Crippen molar-refractivity contribution in [2.24, 2.45) is 0 Å². The number of methoxy groups -OCH3 is 2. The van der Waals surface area contributed by atoms with Crippen LogP contribution in [0.5, 0.6) is 5.75 Å². The van der Waals surface area contributed by atoms with Gasteiger partial charge in [0.05, 0.1) is 13.7 Å². The first kappa shape index (κ1) is 16.5. The van der Waals surface area contributed by atoms with Gasteiger partial charge in [-0.05, 0) is 22.9 Å². The predicted molar refractivity (Wildman–Crippen MR) is 86.9 cm³/mol. The third kappa shape index (κ3) is 3.87. The number of nitrogens with zero attached hydrogens (tertiary/aromatic N) is 1. The Balaban J connectivity index is 2.45. The van der Waals surface area contributed by atoms with E-state index in [4.69, 9.17) is 14.2 Å². The molecule has 5 heteroatoms. The van der Waals surface area contributed by atoms with E-state index in [0.717, 1.165) is 10.8 Å². The van der Waals surface area contributed by atoms with E-state index in [1.807, 2.05) is 36.4 Å². The summed E-state index contributed by atoms with van der Waals surface area (Å²) in [6.07, 6.45) is 1.50. The topological polar surface area (TPSA) is 68.5 Å². The third-order valence-electron chi connectivity index (χ3n) is 3.30. The Morgan fingerprint density at radius 1 is 1.17 bits per heavy atom. The number of carbonyl (C=O) groups is 1. The summed E-state index contributed by atoms with van der Waals surface area (Å²) in [5.74, 6) is -0.0966. The van der Waals surface area contributed by atoms with Crippen LogP contribution in [-0.4, -0.2) is 33.4 Å². The Morgan fingerprint density at radius 2 is 1.96 bits per heavy atom. The highest BCUT2D eigenvalue weighted by Crippen LogP contribution is 2.30. The highest BCUT2D eigenvalue weighted by molar-refractivity contribution is 6.02. The lowest BCUT2D eigenvalue weighted by Crippen LogP contribution is -2.11. The number of rotatable bonds is 6. The Hall–Kier alpha value is -2.84. The minimum Gasteiger partial charge on any atom is -0.496 e. The molecule has 23 heavy (non-hydrogen) atoms. The molecule has 5 nitrogen and oxygen atoms in total. The van der Waals surface area contributed by atoms with E-state index in [0.29, 0.717) is 11.3 Å². The van der Waals surface area contributed by atoms with Gasteiger partial charge in [-0.25, -0.2) is 4.79 Å². The van der Waals surface area contributed by atoms with E-state index in [1.165, 1.54) is 13.2 Å². The van der Waals surface area contributed by atoms with E-state index in [-0.39, 0.29) is 18.8 Å². The first-order chi connectivity index (χ1) is 11.2. The van der Waals surface area contributed by atoms with Crippen molar-refractivity contribution >= 4 is 22.8 Å². The van der Waals surface area contributed by atoms with Crippen molar-refractivity contribution in [3.05, 3.63) is 47.5 Å². The van der Waals surface area contributed by atoms with Crippen molar-refractivity contribution in [3.63, 3.8) is 0 Å². The van der Waals surface area contributed by atoms with Gasteiger partial charge in [-0.1, -0.05) is 30.3 Å². The van der Waals surface area contributed by atoms with Crippen LogP contribution in [0.4, 0.5) is 0 Å². The molecule has 0 aliphatic carbocycles. The molecular formula is C18H17NO4. The van der Waals surface area contributed by atoms with E-state index in [9.17, 15) is 10.1 Å². The smallest absolute Gasteiger partial charge is 0.348 e. The van der Waals surface area contributed by atoms with Gasteiger partial charge in [0.1, 0.15) is 24.0 Å². The molecule has 0 heterocycles. The molecule has 0 atom stereocenters. The molecule has 0 spiro atoms. The van der Waals surface area contributed by atoms with Crippen LogP contribution < -0.4 is 4.74 Å². The van der Waals surface area contributed by atoms with Gasteiger partial charge in [0.2, 0.25) is 0 Å². The maximum absolute atomic E-state index is 12.0. The van der Waals surface area contributed by atoms with Crippen molar-refractivity contribution in [2.75, 3.05) is 27.4 Å². The van der Waals surface area contributed by atoms with Crippen LogP contribution in [-0.2, 0) is 14.3 Å². The second kappa shape index (κ2) is 7.97. The summed E-state index contributed by atoms with van der Waals surface area (Å²) >= 11 is 0. The van der Waals surface area contributed by atoms with Crippen molar-refractivity contribution in [2.45, 2.75) is 0 Å². The maximum atomic E-state index is 12.0. The van der Waals surface area contributed by atoms with Gasteiger partial charge in [0.15, 0.2) is 0 Å². The monoisotopic (exact) mass is 311 g/mol. The number of benzene rings is 2. The average Bonchev–Trinajstić information content (AvgIpc) is 2.59. The summed E-state index contributed by atoms with van der Waals surface area (Å²) in [7, 11) is 3.06. The van der Waals surface area contributed by atoms with Crippen LogP contribution in [0.2, 0.25) is 0 Å². The van der Waals surface area contributed by atoms with Crippen LogP contribution in [0.1, 0.15) is 5.56 Å². The molecular weight excluding hydrogens is 294 g/mol. The van der Waals surface area contributed by atoms with Gasteiger partial charge >= 0.3 is 5.97 Å². The van der Waals surface area contributed by atoms with Gasteiger partial charge in [0, 0.05) is 12.7 Å². The first-order valence-electron chi connectivity index (χ1n) is 7.05. The molecule has 0 aliphatic heterocycles. The Morgan fingerprint density at radius 3 is 2.65 bits per heavy atom. The molecule has 0 N–H and O–H groups in total. The molecule has 2 aromatic rings. The highest BCUT2D eigenvalue weighted by Gasteiger charge is 2.14. The van der Waals surface area contributed by atoms with Crippen LogP contribution in [0.25, 0.3) is 16.8 Å². The lowest BCUT2D eigenvalue weighted by atomic mass is 10.0. The van der Waals surface area contributed by atoms with E-state index >= 15 is 0 Å². The molecule has 0 amide bonds. The zero-order valence-electron chi connectivity index (χ0n) is 13.0. The number of carbonyl (C=O) groups excluding carboxylic acids is 1. The molecule has 0 aromatic heterocycles. The van der Waals surface area contributed by atoms with Crippen LogP contribution in [0.15, 0.2) is 42.0 Å². The van der Waals surface area contributed by atoms with Crippen molar-refractivity contribution < 1.29 is 19.0 Å². The number of nitriles is 1. The van der Waals surface area contributed by atoms with Gasteiger partial charge in [-0.15, -0.1) is 0 Å². The summed E-state index contributed by atoms with van der Waals surface area (Å²) in [6, 6.07) is 13.3. The zero-order chi connectivity index (χ0) is 16.7. The molecule has 0 saturated carbocycles. The Labute approximate surface area is 134 Å². The zero-order valence-corrected chi connectivity index (χ0v) is 13.0. The summed E-state index contributed by atoms with van der Waals surface area (Å²) in [5.41, 5.74) is 0.585. The fraction of sp³-hybridized carbons (Fsp3) is 0.222. The Kier molecular flexibility index (Phi) is 5.73. The summed E-state index contributed by atoms with van der Waals surface area (Å²) in [4.78, 5) is 12.0. The molecule has 2 rings (SSSR count). The van der Waals surface area contributed by atoms with Crippen LogP contribution in [0, 0.1) is 11.3 Å². The van der Waals surface area contributed by atoms with E-state index in [2.05, 4.69) is 0 Å². The third-order valence-corrected chi connectivity index (χ3v) is 3.30. The summed E-state index contributed by atoms with van der Waals surface area (Å²) in [5, 5.41) is 11.1. The lowest BCUT2D eigenvalue weighted by Gasteiger charge is -2.09. The minimum atomic E-state index is -0.681. The maximum Gasteiger partial charge on any atom is 0.348 e. The van der Waals surface area contributed by atoms with Crippen molar-refractivity contribution in [3.8, 4) is 11.8 Å². The second-order valence-corrected chi connectivity index (χ2v) is 4.70. The molecule has 118 valence electrons. The quantitative estimate of drug-likeness (QED) is 0.355. The Bertz CT molecular complexity index is 774. The number of ether oxygens (including phenoxy) is 3. The normalized spacial score (nSPS) is 11.1. The van der Waals surface area contributed by atoms with Crippen LogP contribution >= 0.6 is 0 Å². The largest absolute Gasteiger partial charge is 0.496 e. The van der Waals surface area contributed by atoms with Crippen molar-refractivity contribution in [1.82, 2.24) is 0 Å².